The summed E-state index contributed by atoms with van der Waals surface area (Å²) in [5, 5.41) is 22.2. The number of non-ortho nitro benzene ring substituents is 1. The molecule has 10 nitrogen and oxygen atoms in total. The molecule has 0 aliphatic rings. The van der Waals surface area contributed by atoms with E-state index in [-0.39, 0.29) is 16.3 Å². The molecule has 1 amide bonds. The highest BCUT2D eigenvalue weighted by Gasteiger charge is 2.19. The van der Waals surface area contributed by atoms with Crippen molar-refractivity contribution < 1.29 is 24.0 Å². The zero-order valence-corrected chi connectivity index (χ0v) is 14.9. The van der Waals surface area contributed by atoms with Gasteiger partial charge in [-0.2, -0.15) is 0 Å². The van der Waals surface area contributed by atoms with Gasteiger partial charge >= 0.3 is 5.97 Å². The van der Waals surface area contributed by atoms with Gasteiger partial charge in [0.1, 0.15) is 5.01 Å². The molecule has 0 unspecified atom stereocenters. The van der Waals surface area contributed by atoms with E-state index >= 15 is 0 Å². The molecule has 11 heteroatoms. The number of rotatable bonds is 8. The van der Waals surface area contributed by atoms with Gasteiger partial charge < -0.3 is 9.47 Å². The summed E-state index contributed by atoms with van der Waals surface area (Å²) >= 11 is 1.17. The Morgan fingerprint density at radius 1 is 1.27 bits per heavy atom. The van der Waals surface area contributed by atoms with Gasteiger partial charge in [-0.1, -0.05) is 11.3 Å². The largest absolute Gasteiger partial charge is 0.465 e. The second-order valence-electron chi connectivity index (χ2n) is 4.92. The molecule has 0 saturated carbocycles. The summed E-state index contributed by atoms with van der Waals surface area (Å²) in [7, 11) is 1.14. The van der Waals surface area contributed by atoms with E-state index in [1.807, 2.05) is 6.92 Å². The summed E-state index contributed by atoms with van der Waals surface area (Å²) in [4.78, 5) is 34.3. The van der Waals surface area contributed by atoms with Crippen LogP contribution in [0.3, 0.4) is 0 Å². The number of aromatic nitrogens is 2. The number of anilines is 1. The molecule has 0 saturated heterocycles. The molecule has 0 fully saturated rings. The first-order chi connectivity index (χ1) is 12.4. The third kappa shape index (κ3) is 5.04. The lowest BCUT2D eigenvalue weighted by Crippen LogP contribution is -2.14. The summed E-state index contributed by atoms with van der Waals surface area (Å²) in [6, 6.07) is 3.32. The van der Waals surface area contributed by atoms with Gasteiger partial charge in [0.2, 0.25) is 5.13 Å². The van der Waals surface area contributed by atoms with Crippen LogP contribution >= 0.6 is 11.3 Å². The van der Waals surface area contributed by atoms with Crippen molar-refractivity contribution in [2.75, 3.05) is 25.6 Å². The van der Waals surface area contributed by atoms with Crippen LogP contribution in [0.2, 0.25) is 0 Å². The molecular formula is C15H16N4O6S. The Balaban J connectivity index is 2.17. The maximum absolute atomic E-state index is 12.4. The van der Waals surface area contributed by atoms with E-state index in [1.54, 1.807) is 0 Å². The Morgan fingerprint density at radius 3 is 2.65 bits per heavy atom. The number of methoxy groups -OCH3 is 1. The fraction of sp³-hybridized carbons (Fsp3) is 0.333. The lowest BCUT2D eigenvalue weighted by Gasteiger charge is -2.04. The number of hydrogen-bond donors (Lipinski definition) is 1. The number of hydrogen-bond acceptors (Lipinski definition) is 9. The topological polar surface area (TPSA) is 134 Å². The van der Waals surface area contributed by atoms with E-state index in [1.165, 1.54) is 17.4 Å². The van der Waals surface area contributed by atoms with Gasteiger partial charge in [0.05, 0.1) is 24.2 Å². The normalized spacial score (nSPS) is 10.4. The maximum Gasteiger partial charge on any atom is 0.338 e. The molecule has 2 rings (SSSR count). The van der Waals surface area contributed by atoms with Crippen molar-refractivity contribution in [2.45, 2.75) is 13.3 Å². The molecule has 26 heavy (non-hydrogen) atoms. The van der Waals surface area contributed by atoms with Crippen LogP contribution in [0.5, 0.6) is 0 Å². The third-order valence-corrected chi connectivity index (χ3v) is 4.06. The monoisotopic (exact) mass is 380 g/mol. The smallest absolute Gasteiger partial charge is 0.338 e. The maximum atomic E-state index is 12.4. The second-order valence-corrected chi connectivity index (χ2v) is 5.98. The van der Waals surface area contributed by atoms with Gasteiger partial charge in [0.25, 0.3) is 11.6 Å². The first-order valence-electron chi connectivity index (χ1n) is 7.53. The SMILES string of the molecule is CCOCCc1nnc(NC(=O)c2cc(C(=O)OC)cc([N+](=O)[O-])c2)s1. The van der Waals surface area contributed by atoms with Crippen LogP contribution in [0.1, 0.15) is 32.6 Å². The number of carbonyl (C=O) groups is 2. The van der Waals surface area contributed by atoms with Gasteiger partial charge in [-0.05, 0) is 13.0 Å². The Labute approximate surface area is 152 Å². The van der Waals surface area contributed by atoms with Crippen molar-refractivity contribution in [3.8, 4) is 0 Å². The number of amides is 1. The highest BCUT2D eigenvalue weighted by Crippen LogP contribution is 2.21. The lowest BCUT2D eigenvalue weighted by molar-refractivity contribution is -0.384. The Hall–Kier alpha value is -2.92. The first-order valence-corrected chi connectivity index (χ1v) is 8.35. The molecule has 0 atom stereocenters. The molecule has 1 aromatic heterocycles. The van der Waals surface area contributed by atoms with E-state index in [0.717, 1.165) is 19.2 Å². The highest BCUT2D eigenvalue weighted by atomic mass is 32.1. The van der Waals surface area contributed by atoms with Crippen molar-refractivity contribution in [3.63, 3.8) is 0 Å². The van der Waals surface area contributed by atoms with E-state index in [9.17, 15) is 19.7 Å². The number of nitro benzene ring substituents is 1. The fourth-order valence-corrected chi connectivity index (χ4v) is 2.68. The molecule has 2 aromatic rings. The van der Waals surface area contributed by atoms with Gasteiger partial charge in [-0.25, -0.2) is 4.79 Å². The average molecular weight is 380 g/mol. The second kappa shape index (κ2) is 8.97. The number of benzene rings is 1. The van der Waals surface area contributed by atoms with Gasteiger partial charge in [0.15, 0.2) is 0 Å². The van der Waals surface area contributed by atoms with Crippen LogP contribution < -0.4 is 5.32 Å². The predicted octanol–water partition coefficient (Wildman–Crippen LogP) is 2.06. The van der Waals surface area contributed by atoms with E-state index in [0.29, 0.717) is 24.6 Å². The van der Waals surface area contributed by atoms with Crippen LogP contribution in [0.15, 0.2) is 18.2 Å². The minimum atomic E-state index is -0.781. The zero-order chi connectivity index (χ0) is 19.1. The minimum absolute atomic E-state index is 0.0642. The molecule has 0 spiro atoms. The van der Waals surface area contributed by atoms with Crippen LogP contribution in [0.25, 0.3) is 0 Å². The molecule has 138 valence electrons. The van der Waals surface area contributed by atoms with Gasteiger partial charge in [0, 0.05) is 30.7 Å². The average Bonchev–Trinajstić information content (AvgIpc) is 3.08. The number of esters is 1. The molecular weight excluding hydrogens is 364 g/mol. The number of nitrogens with one attached hydrogen (secondary N) is 1. The molecule has 0 aliphatic heterocycles. The predicted molar refractivity (Wildman–Crippen MR) is 92.5 cm³/mol. The Bertz CT molecular complexity index is 822. The molecule has 1 N–H and O–H groups in total. The van der Waals surface area contributed by atoms with Crippen molar-refractivity contribution in [2.24, 2.45) is 0 Å². The molecule has 0 radical (unpaired) electrons. The Morgan fingerprint density at radius 2 is 2.00 bits per heavy atom. The number of carbonyl (C=O) groups excluding carboxylic acids is 2. The van der Waals surface area contributed by atoms with E-state index < -0.39 is 22.5 Å². The van der Waals surface area contributed by atoms with Crippen LogP contribution in [-0.2, 0) is 15.9 Å². The number of nitro groups is 1. The molecule has 0 aliphatic carbocycles. The summed E-state index contributed by atoms with van der Waals surface area (Å²) in [6.07, 6.45) is 0.560. The summed E-state index contributed by atoms with van der Waals surface area (Å²) in [5.74, 6) is -1.43. The van der Waals surface area contributed by atoms with Crippen LogP contribution in [0, 0.1) is 10.1 Å². The van der Waals surface area contributed by atoms with Crippen molar-refractivity contribution >= 4 is 34.0 Å². The van der Waals surface area contributed by atoms with E-state index in [2.05, 4.69) is 20.3 Å². The molecule has 1 aromatic carbocycles. The van der Waals surface area contributed by atoms with Crippen LogP contribution in [-0.4, -0.2) is 47.3 Å². The molecule has 0 bridgehead atoms. The van der Waals surface area contributed by atoms with Crippen molar-refractivity contribution in [1.29, 1.82) is 0 Å². The third-order valence-electron chi connectivity index (χ3n) is 3.16. The fourth-order valence-electron chi connectivity index (χ4n) is 1.96. The Kier molecular flexibility index (Phi) is 6.69. The van der Waals surface area contributed by atoms with E-state index in [4.69, 9.17) is 4.74 Å². The van der Waals surface area contributed by atoms with Crippen molar-refractivity contribution in [1.82, 2.24) is 10.2 Å². The van der Waals surface area contributed by atoms with Gasteiger partial charge in [-0.3, -0.25) is 20.2 Å². The summed E-state index contributed by atoms with van der Waals surface area (Å²) in [5.41, 5.74) is -0.556. The standard InChI is InChI=1S/C15H16N4O6S/c1-3-25-5-4-12-17-18-15(26-12)16-13(20)9-6-10(14(21)24-2)8-11(7-9)19(22)23/h6-8H,3-5H2,1-2H3,(H,16,18,20). The zero-order valence-electron chi connectivity index (χ0n) is 14.1. The summed E-state index contributed by atoms with van der Waals surface area (Å²) in [6.45, 7) is 2.97. The molecule has 1 heterocycles. The minimum Gasteiger partial charge on any atom is -0.465 e. The first kappa shape index (κ1) is 19.4. The number of ether oxygens (including phenoxy) is 2. The quantitative estimate of drug-likeness (QED) is 0.318. The number of nitrogens with zero attached hydrogens (tertiary/aromatic N) is 3. The summed E-state index contributed by atoms with van der Waals surface area (Å²) < 4.78 is 9.77. The van der Waals surface area contributed by atoms with Crippen molar-refractivity contribution in [3.05, 3.63) is 44.4 Å². The van der Waals surface area contributed by atoms with Crippen LogP contribution in [0.4, 0.5) is 10.8 Å². The highest BCUT2D eigenvalue weighted by molar-refractivity contribution is 7.15. The van der Waals surface area contributed by atoms with Gasteiger partial charge in [-0.15, -0.1) is 10.2 Å². The lowest BCUT2D eigenvalue weighted by atomic mass is 10.1.